The Morgan fingerprint density at radius 3 is 2.77 bits per heavy atom. The standard InChI is InChI=1S/C15H18N4O3/c1-9-6-12(17-10(2)16-9)14-7-19(4-5-21-14)15(20)13-8-22-11(3)18-13/h6,8,14H,4-5,7H2,1-3H3/t14-/m0/s1. The van der Waals surface area contributed by atoms with E-state index in [9.17, 15) is 4.79 Å². The van der Waals surface area contributed by atoms with Gasteiger partial charge in [0.25, 0.3) is 5.91 Å². The molecule has 116 valence electrons. The number of oxazole rings is 1. The average Bonchev–Trinajstić information content (AvgIpc) is 2.92. The largest absolute Gasteiger partial charge is 0.448 e. The lowest BCUT2D eigenvalue weighted by Gasteiger charge is -2.32. The molecule has 1 amide bonds. The van der Waals surface area contributed by atoms with Crippen LogP contribution >= 0.6 is 0 Å². The summed E-state index contributed by atoms with van der Waals surface area (Å²) in [5, 5.41) is 0. The van der Waals surface area contributed by atoms with E-state index >= 15 is 0 Å². The fraction of sp³-hybridized carbons (Fsp3) is 0.467. The number of carbonyl (C=O) groups is 1. The summed E-state index contributed by atoms with van der Waals surface area (Å²) in [5.41, 5.74) is 2.02. The van der Waals surface area contributed by atoms with Gasteiger partial charge in [-0.25, -0.2) is 15.0 Å². The first-order chi connectivity index (χ1) is 10.5. The molecule has 7 heteroatoms. The Bertz CT molecular complexity index is 678. The van der Waals surface area contributed by atoms with E-state index in [0.717, 1.165) is 11.4 Å². The second kappa shape index (κ2) is 5.84. The Morgan fingerprint density at radius 1 is 1.27 bits per heavy atom. The number of hydrogen-bond acceptors (Lipinski definition) is 6. The van der Waals surface area contributed by atoms with Crippen molar-refractivity contribution in [2.75, 3.05) is 19.7 Å². The van der Waals surface area contributed by atoms with Crippen LogP contribution in [0.4, 0.5) is 0 Å². The van der Waals surface area contributed by atoms with Crippen molar-refractivity contribution in [1.29, 1.82) is 0 Å². The number of rotatable bonds is 2. The molecule has 0 saturated carbocycles. The highest BCUT2D eigenvalue weighted by Crippen LogP contribution is 2.22. The predicted molar refractivity (Wildman–Crippen MR) is 77.3 cm³/mol. The zero-order chi connectivity index (χ0) is 15.7. The molecule has 0 bridgehead atoms. The maximum Gasteiger partial charge on any atom is 0.275 e. The van der Waals surface area contributed by atoms with Crippen molar-refractivity contribution >= 4 is 5.91 Å². The molecule has 7 nitrogen and oxygen atoms in total. The summed E-state index contributed by atoms with van der Waals surface area (Å²) in [7, 11) is 0. The van der Waals surface area contributed by atoms with E-state index in [-0.39, 0.29) is 12.0 Å². The molecule has 1 aliphatic rings. The molecule has 1 aliphatic heterocycles. The maximum absolute atomic E-state index is 12.4. The van der Waals surface area contributed by atoms with Gasteiger partial charge in [0, 0.05) is 19.2 Å². The summed E-state index contributed by atoms with van der Waals surface area (Å²) in [6, 6.07) is 1.89. The van der Waals surface area contributed by atoms with Crippen LogP contribution in [-0.4, -0.2) is 45.5 Å². The van der Waals surface area contributed by atoms with Gasteiger partial charge in [0.1, 0.15) is 18.2 Å². The lowest BCUT2D eigenvalue weighted by atomic mass is 10.1. The van der Waals surface area contributed by atoms with Gasteiger partial charge in [0.05, 0.1) is 18.8 Å². The topological polar surface area (TPSA) is 81.4 Å². The minimum atomic E-state index is -0.244. The van der Waals surface area contributed by atoms with Gasteiger partial charge in [-0.3, -0.25) is 4.79 Å². The number of morpholine rings is 1. The number of aromatic nitrogens is 3. The first kappa shape index (κ1) is 14.6. The maximum atomic E-state index is 12.4. The number of ether oxygens (including phenoxy) is 1. The van der Waals surface area contributed by atoms with Gasteiger partial charge >= 0.3 is 0 Å². The summed E-state index contributed by atoms with van der Waals surface area (Å²) in [6.45, 7) is 6.92. The fourth-order valence-corrected chi connectivity index (χ4v) is 2.55. The average molecular weight is 302 g/mol. The molecular weight excluding hydrogens is 284 g/mol. The molecule has 1 saturated heterocycles. The summed E-state index contributed by atoms with van der Waals surface area (Å²) in [4.78, 5) is 26.9. The Hall–Kier alpha value is -2.28. The molecule has 0 aromatic carbocycles. The molecule has 3 rings (SSSR count). The number of aryl methyl sites for hydroxylation is 3. The summed E-state index contributed by atoms with van der Waals surface area (Å²) in [5.74, 6) is 1.04. The highest BCUT2D eigenvalue weighted by molar-refractivity contribution is 5.92. The van der Waals surface area contributed by atoms with Crippen LogP contribution in [0.15, 0.2) is 16.7 Å². The van der Waals surface area contributed by atoms with Gasteiger partial charge in [-0.15, -0.1) is 0 Å². The molecular formula is C15H18N4O3. The Labute approximate surface area is 128 Å². The minimum absolute atomic E-state index is 0.146. The lowest BCUT2D eigenvalue weighted by Crippen LogP contribution is -2.42. The number of nitrogens with zero attached hydrogens (tertiary/aromatic N) is 4. The van der Waals surface area contributed by atoms with Gasteiger partial charge in [-0.2, -0.15) is 0 Å². The van der Waals surface area contributed by atoms with Crippen LogP contribution in [0.25, 0.3) is 0 Å². The number of amides is 1. The first-order valence-electron chi connectivity index (χ1n) is 7.18. The molecule has 2 aromatic heterocycles. The van der Waals surface area contributed by atoms with Crippen LogP contribution in [0.3, 0.4) is 0 Å². The quantitative estimate of drug-likeness (QED) is 0.838. The third-order valence-electron chi connectivity index (χ3n) is 3.51. The highest BCUT2D eigenvalue weighted by Gasteiger charge is 2.28. The van der Waals surface area contributed by atoms with Gasteiger partial charge in [0.15, 0.2) is 11.6 Å². The van der Waals surface area contributed by atoms with E-state index in [1.165, 1.54) is 6.26 Å². The molecule has 0 aliphatic carbocycles. The number of hydrogen-bond donors (Lipinski definition) is 0. The van der Waals surface area contributed by atoms with Crippen molar-refractivity contribution in [3.63, 3.8) is 0 Å². The SMILES string of the molecule is Cc1cc([C@@H]2CN(C(=O)c3coc(C)n3)CCO2)nc(C)n1. The van der Waals surface area contributed by atoms with Crippen LogP contribution in [-0.2, 0) is 4.74 Å². The Kier molecular flexibility index (Phi) is 3.89. The van der Waals surface area contributed by atoms with Crippen molar-refractivity contribution in [2.45, 2.75) is 26.9 Å². The van der Waals surface area contributed by atoms with E-state index in [2.05, 4.69) is 15.0 Å². The van der Waals surface area contributed by atoms with Crippen molar-refractivity contribution in [3.05, 3.63) is 41.1 Å². The third-order valence-corrected chi connectivity index (χ3v) is 3.51. The van der Waals surface area contributed by atoms with Gasteiger partial charge < -0.3 is 14.1 Å². The molecule has 0 N–H and O–H groups in total. The van der Waals surface area contributed by atoms with Crippen LogP contribution in [0, 0.1) is 20.8 Å². The summed E-state index contributed by atoms with van der Waals surface area (Å²) in [6.07, 6.45) is 1.15. The van der Waals surface area contributed by atoms with E-state index in [1.807, 2.05) is 19.9 Å². The molecule has 0 radical (unpaired) electrons. The zero-order valence-electron chi connectivity index (χ0n) is 12.9. The number of carbonyl (C=O) groups excluding carboxylic acids is 1. The van der Waals surface area contributed by atoms with Crippen molar-refractivity contribution in [3.8, 4) is 0 Å². The highest BCUT2D eigenvalue weighted by atomic mass is 16.5. The molecule has 1 atom stereocenters. The van der Waals surface area contributed by atoms with Crippen molar-refractivity contribution < 1.29 is 13.9 Å². The van der Waals surface area contributed by atoms with Crippen LogP contribution in [0.5, 0.6) is 0 Å². The first-order valence-corrected chi connectivity index (χ1v) is 7.18. The molecule has 0 unspecified atom stereocenters. The molecule has 1 fully saturated rings. The normalized spacial score (nSPS) is 18.5. The Morgan fingerprint density at radius 2 is 2.09 bits per heavy atom. The summed E-state index contributed by atoms with van der Waals surface area (Å²) >= 11 is 0. The monoisotopic (exact) mass is 302 g/mol. The van der Waals surface area contributed by atoms with Crippen molar-refractivity contribution in [1.82, 2.24) is 19.9 Å². The van der Waals surface area contributed by atoms with E-state index in [4.69, 9.17) is 9.15 Å². The second-order valence-electron chi connectivity index (χ2n) is 5.34. The van der Waals surface area contributed by atoms with Gasteiger partial charge in [0.2, 0.25) is 0 Å². The van der Waals surface area contributed by atoms with Gasteiger partial charge in [-0.1, -0.05) is 0 Å². The molecule has 2 aromatic rings. The van der Waals surface area contributed by atoms with Crippen LogP contribution in [0.1, 0.15) is 39.7 Å². The lowest BCUT2D eigenvalue weighted by molar-refractivity contribution is -0.0250. The van der Waals surface area contributed by atoms with E-state index < -0.39 is 0 Å². The van der Waals surface area contributed by atoms with E-state index in [1.54, 1.807) is 11.8 Å². The van der Waals surface area contributed by atoms with Gasteiger partial charge in [-0.05, 0) is 19.9 Å². The van der Waals surface area contributed by atoms with Crippen molar-refractivity contribution in [2.24, 2.45) is 0 Å². The van der Waals surface area contributed by atoms with Crippen LogP contribution < -0.4 is 0 Å². The summed E-state index contributed by atoms with van der Waals surface area (Å²) < 4.78 is 10.9. The fourth-order valence-electron chi connectivity index (χ4n) is 2.55. The molecule has 22 heavy (non-hydrogen) atoms. The second-order valence-corrected chi connectivity index (χ2v) is 5.34. The third kappa shape index (κ3) is 2.99. The predicted octanol–water partition coefficient (Wildman–Crippen LogP) is 1.60. The molecule has 0 spiro atoms. The smallest absolute Gasteiger partial charge is 0.275 e. The van der Waals surface area contributed by atoms with Crippen LogP contribution in [0.2, 0.25) is 0 Å². The molecule has 3 heterocycles. The zero-order valence-corrected chi connectivity index (χ0v) is 12.9. The minimum Gasteiger partial charge on any atom is -0.448 e. The van der Waals surface area contributed by atoms with E-state index in [0.29, 0.717) is 37.1 Å². The Balaban J connectivity index is 1.78.